The number of rotatable bonds is 8. The Hall–Kier alpha value is -0.570. The number of nitrogens with one attached hydrogen (secondary N) is 1. The van der Waals surface area contributed by atoms with Crippen LogP contribution in [0.15, 0.2) is 0 Å². The molecule has 96 valence electrons. The lowest BCUT2D eigenvalue weighted by Gasteiger charge is -2.17. The van der Waals surface area contributed by atoms with E-state index < -0.39 is 0 Å². The Labute approximate surface area is 99.6 Å². The summed E-state index contributed by atoms with van der Waals surface area (Å²) in [7, 11) is 0. The molecule has 2 unspecified atom stereocenters. The summed E-state index contributed by atoms with van der Waals surface area (Å²) in [4.78, 5) is 11.6. The van der Waals surface area contributed by atoms with Crippen molar-refractivity contribution in [2.45, 2.75) is 59.4 Å². The van der Waals surface area contributed by atoms with Gasteiger partial charge in [-0.1, -0.05) is 20.8 Å². The third-order valence-electron chi connectivity index (χ3n) is 2.61. The van der Waals surface area contributed by atoms with Gasteiger partial charge >= 0.3 is 0 Å². The Balaban J connectivity index is 3.72. The summed E-state index contributed by atoms with van der Waals surface area (Å²) < 4.78 is 0. The normalized spacial score (nSPS) is 14.9. The molecular weight excluding hydrogens is 202 g/mol. The number of amides is 1. The van der Waals surface area contributed by atoms with Crippen LogP contribution in [-0.4, -0.2) is 23.7 Å². The minimum Gasteiger partial charge on any atom is -0.396 e. The molecule has 0 spiro atoms. The number of carbonyl (C=O) groups excluding carboxylic acids is 1. The van der Waals surface area contributed by atoms with Crippen LogP contribution >= 0.6 is 0 Å². The molecule has 0 aliphatic carbocycles. The van der Waals surface area contributed by atoms with Crippen molar-refractivity contribution in [1.29, 1.82) is 0 Å². The molecule has 0 saturated carbocycles. The number of hydrogen-bond acceptors (Lipinski definition) is 2. The first-order chi connectivity index (χ1) is 7.45. The predicted octanol–water partition coefficient (Wildman–Crippen LogP) is 2.34. The number of aliphatic hydroxyl groups is 1. The van der Waals surface area contributed by atoms with Gasteiger partial charge in [0.2, 0.25) is 5.91 Å². The summed E-state index contributed by atoms with van der Waals surface area (Å²) in [6, 6.07) is 0.172. The molecule has 0 saturated heterocycles. The lowest BCUT2D eigenvalue weighted by molar-refractivity contribution is -0.122. The van der Waals surface area contributed by atoms with Gasteiger partial charge < -0.3 is 10.4 Å². The number of hydrogen-bond donors (Lipinski definition) is 2. The van der Waals surface area contributed by atoms with Crippen molar-refractivity contribution in [3.05, 3.63) is 0 Å². The summed E-state index contributed by atoms with van der Waals surface area (Å²) in [5.41, 5.74) is 0. The quantitative estimate of drug-likeness (QED) is 0.671. The first kappa shape index (κ1) is 15.4. The van der Waals surface area contributed by atoms with E-state index in [9.17, 15) is 4.79 Å². The zero-order chi connectivity index (χ0) is 12.6. The highest BCUT2D eigenvalue weighted by Crippen LogP contribution is 2.14. The van der Waals surface area contributed by atoms with Gasteiger partial charge in [0.1, 0.15) is 0 Å². The van der Waals surface area contributed by atoms with Crippen LogP contribution in [0.4, 0.5) is 0 Å². The Morgan fingerprint density at radius 3 is 2.38 bits per heavy atom. The SMILES string of the molecule is CC(C)CC(C)CC(=O)NC(C)CCCO. The third-order valence-corrected chi connectivity index (χ3v) is 2.61. The van der Waals surface area contributed by atoms with Crippen LogP contribution in [0.25, 0.3) is 0 Å². The fourth-order valence-corrected chi connectivity index (χ4v) is 2.01. The molecular formula is C13H27NO2. The Kier molecular flexibility index (Phi) is 8.26. The van der Waals surface area contributed by atoms with Crippen molar-refractivity contribution in [1.82, 2.24) is 5.32 Å². The molecule has 2 N–H and O–H groups in total. The van der Waals surface area contributed by atoms with Crippen molar-refractivity contribution in [2.75, 3.05) is 6.61 Å². The van der Waals surface area contributed by atoms with Crippen molar-refractivity contribution in [3.63, 3.8) is 0 Å². The molecule has 0 aromatic rings. The summed E-state index contributed by atoms with van der Waals surface area (Å²) in [6.45, 7) is 8.67. The second kappa shape index (κ2) is 8.57. The molecule has 0 fully saturated rings. The average molecular weight is 229 g/mol. The van der Waals surface area contributed by atoms with Gasteiger partial charge in [0, 0.05) is 19.1 Å². The van der Waals surface area contributed by atoms with Gasteiger partial charge in [-0.05, 0) is 38.0 Å². The molecule has 3 heteroatoms. The predicted molar refractivity (Wildman–Crippen MR) is 67.2 cm³/mol. The smallest absolute Gasteiger partial charge is 0.220 e. The maximum atomic E-state index is 11.6. The van der Waals surface area contributed by atoms with Crippen LogP contribution in [-0.2, 0) is 4.79 Å². The van der Waals surface area contributed by atoms with Gasteiger partial charge in [-0.3, -0.25) is 4.79 Å². The zero-order valence-electron chi connectivity index (χ0n) is 11.1. The van der Waals surface area contributed by atoms with E-state index in [1.54, 1.807) is 0 Å². The molecule has 16 heavy (non-hydrogen) atoms. The van der Waals surface area contributed by atoms with E-state index in [-0.39, 0.29) is 18.6 Å². The number of carbonyl (C=O) groups is 1. The van der Waals surface area contributed by atoms with Gasteiger partial charge in [0.25, 0.3) is 0 Å². The topological polar surface area (TPSA) is 49.3 Å². The first-order valence-corrected chi connectivity index (χ1v) is 6.35. The standard InChI is InChI=1S/C13H27NO2/c1-10(2)8-11(3)9-13(16)14-12(4)6-5-7-15/h10-12,15H,5-9H2,1-4H3,(H,14,16). The van der Waals surface area contributed by atoms with E-state index in [4.69, 9.17) is 5.11 Å². The summed E-state index contributed by atoms with van der Waals surface area (Å²) in [6.07, 6.45) is 3.31. The molecule has 0 rings (SSSR count). The monoisotopic (exact) mass is 229 g/mol. The Bertz CT molecular complexity index is 192. The van der Waals surface area contributed by atoms with Crippen molar-refractivity contribution >= 4 is 5.91 Å². The third kappa shape index (κ3) is 8.72. The molecule has 0 aromatic heterocycles. The second-order valence-corrected chi connectivity index (χ2v) is 5.27. The zero-order valence-corrected chi connectivity index (χ0v) is 11.1. The highest BCUT2D eigenvalue weighted by molar-refractivity contribution is 5.76. The van der Waals surface area contributed by atoms with Gasteiger partial charge in [-0.2, -0.15) is 0 Å². The van der Waals surface area contributed by atoms with E-state index in [1.807, 2.05) is 6.92 Å². The Morgan fingerprint density at radius 1 is 1.25 bits per heavy atom. The second-order valence-electron chi connectivity index (χ2n) is 5.27. The molecule has 3 nitrogen and oxygen atoms in total. The first-order valence-electron chi connectivity index (χ1n) is 6.35. The molecule has 0 heterocycles. The van der Waals surface area contributed by atoms with Crippen molar-refractivity contribution in [2.24, 2.45) is 11.8 Å². The molecule has 2 atom stereocenters. The van der Waals surface area contributed by atoms with Gasteiger partial charge in [-0.15, -0.1) is 0 Å². The van der Waals surface area contributed by atoms with Crippen LogP contribution in [0.3, 0.4) is 0 Å². The van der Waals surface area contributed by atoms with Crippen molar-refractivity contribution in [3.8, 4) is 0 Å². The van der Waals surface area contributed by atoms with E-state index in [0.717, 1.165) is 19.3 Å². The maximum absolute atomic E-state index is 11.6. The van der Waals surface area contributed by atoms with Crippen LogP contribution in [0.1, 0.15) is 53.4 Å². The minimum atomic E-state index is 0.138. The molecule has 1 amide bonds. The summed E-state index contributed by atoms with van der Waals surface area (Å²) in [5.74, 6) is 1.23. The van der Waals surface area contributed by atoms with Crippen LogP contribution in [0.2, 0.25) is 0 Å². The highest BCUT2D eigenvalue weighted by Gasteiger charge is 2.12. The molecule has 0 bridgehead atoms. The van der Waals surface area contributed by atoms with Crippen LogP contribution < -0.4 is 5.32 Å². The van der Waals surface area contributed by atoms with Crippen LogP contribution in [0, 0.1) is 11.8 Å². The van der Waals surface area contributed by atoms with Gasteiger partial charge in [0.15, 0.2) is 0 Å². The average Bonchev–Trinajstić information content (AvgIpc) is 2.12. The number of aliphatic hydroxyl groups excluding tert-OH is 1. The van der Waals surface area contributed by atoms with Gasteiger partial charge in [-0.25, -0.2) is 0 Å². The lowest BCUT2D eigenvalue weighted by Crippen LogP contribution is -2.33. The molecule has 0 aliphatic rings. The molecule has 0 aliphatic heterocycles. The maximum Gasteiger partial charge on any atom is 0.220 e. The molecule has 0 radical (unpaired) electrons. The molecule has 0 aromatic carbocycles. The van der Waals surface area contributed by atoms with Gasteiger partial charge in [0.05, 0.1) is 0 Å². The fourth-order valence-electron chi connectivity index (χ4n) is 2.01. The fraction of sp³-hybridized carbons (Fsp3) is 0.923. The Morgan fingerprint density at radius 2 is 1.88 bits per heavy atom. The lowest BCUT2D eigenvalue weighted by atomic mass is 9.95. The van der Waals surface area contributed by atoms with E-state index >= 15 is 0 Å². The largest absolute Gasteiger partial charge is 0.396 e. The van der Waals surface area contributed by atoms with E-state index in [2.05, 4.69) is 26.1 Å². The summed E-state index contributed by atoms with van der Waals surface area (Å²) in [5, 5.41) is 11.6. The van der Waals surface area contributed by atoms with Crippen molar-refractivity contribution < 1.29 is 9.90 Å². The highest BCUT2D eigenvalue weighted by atomic mass is 16.2. The van der Waals surface area contributed by atoms with Crippen LogP contribution in [0.5, 0.6) is 0 Å². The van der Waals surface area contributed by atoms with E-state index in [1.165, 1.54) is 0 Å². The summed E-state index contributed by atoms with van der Waals surface area (Å²) >= 11 is 0. The van der Waals surface area contributed by atoms with E-state index in [0.29, 0.717) is 18.3 Å². The minimum absolute atomic E-state index is 0.138.